The summed E-state index contributed by atoms with van der Waals surface area (Å²) in [6.07, 6.45) is 0. The highest BCUT2D eigenvalue weighted by molar-refractivity contribution is 7.10. The van der Waals surface area contributed by atoms with E-state index >= 15 is 0 Å². The number of carbonyl (C=O) groups excluding carboxylic acids is 1. The fourth-order valence-electron chi connectivity index (χ4n) is 2.00. The van der Waals surface area contributed by atoms with Gasteiger partial charge in [-0.2, -0.15) is 0 Å². The molecule has 2 aromatic rings. The molecule has 0 aliphatic carbocycles. The van der Waals surface area contributed by atoms with E-state index in [9.17, 15) is 9.18 Å². The van der Waals surface area contributed by atoms with Gasteiger partial charge in [0.25, 0.3) is 5.91 Å². The van der Waals surface area contributed by atoms with Crippen LogP contribution in [0.15, 0.2) is 35.7 Å². The number of amides is 1. The molecule has 1 aromatic heterocycles. The maximum absolute atomic E-state index is 13.3. The van der Waals surface area contributed by atoms with E-state index in [2.05, 4.69) is 5.32 Å². The van der Waals surface area contributed by atoms with Crippen molar-refractivity contribution in [3.05, 3.63) is 52.0 Å². The summed E-state index contributed by atoms with van der Waals surface area (Å²) in [6.45, 7) is 4.06. The van der Waals surface area contributed by atoms with Gasteiger partial charge >= 0.3 is 0 Å². The molecule has 0 spiro atoms. The summed E-state index contributed by atoms with van der Waals surface area (Å²) >= 11 is 1.59. The third-order valence-electron chi connectivity index (χ3n) is 2.99. The third kappa shape index (κ3) is 3.36. The Balaban J connectivity index is 2.20. The van der Waals surface area contributed by atoms with Crippen molar-refractivity contribution in [2.75, 3.05) is 5.73 Å². The normalized spacial score (nSPS) is 12.4. The molecule has 3 N–H and O–H groups in total. The molecule has 1 heterocycles. The average Bonchev–Trinajstić information content (AvgIpc) is 2.87. The predicted molar refractivity (Wildman–Crippen MR) is 80.2 cm³/mol. The van der Waals surface area contributed by atoms with Gasteiger partial charge < -0.3 is 11.1 Å². The summed E-state index contributed by atoms with van der Waals surface area (Å²) in [5.41, 5.74) is 6.05. The van der Waals surface area contributed by atoms with Gasteiger partial charge in [-0.3, -0.25) is 4.79 Å². The van der Waals surface area contributed by atoms with Crippen molar-refractivity contribution < 1.29 is 9.18 Å². The summed E-state index contributed by atoms with van der Waals surface area (Å²) in [6, 6.07) is 7.70. The monoisotopic (exact) mass is 292 g/mol. The van der Waals surface area contributed by atoms with Gasteiger partial charge in [0.05, 0.1) is 6.04 Å². The van der Waals surface area contributed by atoms with Crippen LogP contribution in [0.3, 0.4) is 0 Å². The number of nitrogen functional groups attached to an aromatic ring is 1. The summed E-state index contributed by atoms with van der Waals surface area (Å²) in [5, 5.41) is 4.91. The quantitative estimate of drug-likeness (QED) is 0.846. The first-order chi connectivity index (χ1) is 9.47. The smallest absolute Gasteiger partial charge is 0.251 e. The van der Waals surface area contributed by atoms with E-state index in [1.54, 1.807) is 11.3 Å². The number of thiophene rings is 1. The fraction of sp³-hybridized carbons (Fsp3) is 0.267. The Labute approximate surface area is 121 Å². The van der Waals surface area contributed by atoms with E-state index in [0.717, 1.165) is 4.88 Å². The lowest BCUT2D eigenvalue weighted by Gasteiger charge is -2.21. The Morgan fingerprint density at radius 2 is 2.10 bits per heavy atom. The van der Waals surface area contributed by atoms with Crippen LogP contribution in [0.25, 0.3) is 0 Å². The van der Waals surface area contributed by atoms with E-state index in [0.29, 0.717) is 0 Å². The van der Waals surface area contributed by atoms with Crippen LogP contribution in [0.1, 0.15) is 35.1 Å². The Kier molecular flexibility index (Phi) is 4.39. The first-order valence-corrected chi connectivity index (χ1v) is 7.25. The molecule has 106 valence electrons. The molecule has 20 heavy (non-hydrogen) atoms. The molecule has 1 atom stereocenters. The molecular formula is C15H17FN2OS. The van der Waals surface area contributed by atoms with Gasteiger partial charge in [0.1, 0.15) is 5.82 Å². The molecule has 3 nitrogen and oxygen atoms in total. The van der Waals surface area contributed by atoms with Gasteiger partial charge in [-0.25, -0.2) is 4.39 Å². The van der Waals surface area contributed by atoms with E-state index in [1.165, 1.54) is 18.2 Å². The second-order valence-electron chi connectivity index (χ2n) is 4.98. The van der Waals surface area contributed by atoms with Crippen LogP contribution in [0, 0.1) is 11.7 Å². The highest BCUT2D eigenvalue weighted by Crippen LogP contribution is 2.26. The topological polar surface area (TPSA) is 55.1 Å². The van der Waals surface area contributed by atoms with Crippen molar-refractivity contribution in [3.63, 3.8) is 0 Å². The number of nitrogens with one attached hydrogen (secondary N) is 1. The van der Waals surface area contributed by atoms with Crippen molar-refractivity contribution in [3.8, 4) is 0 Å². The van der Waals surface area contributed by atoms with Crippen molar-refractivity contribution in [1.82, 2.24) is 5.32 Å². The number of rotatable bonds is 4. The van der Waals surface area contributed by atoms with Crippen molar-refractivity contribution in [2.45, 2.75) is 19.9 Å². The molecule has 5 heteroatoms. The number of halogens is 1. The second kappa shape index (κ2) is 6.05. The highest BCUT2D eigenvalue weighted by Gasteiger charge is 2.20. The number of anilines is 1. The van der Waals surface area contributed by atoms with Crippen LogP contribution in [0.5, 0.6) is 0 Å². The van der Waals surface area contributed by atoms with Gasteiger partial charge in [-0.1, -0.05) is 19.9 Å². The minimum Gasteiger partial charge on any atom is -0.399 e. The molecular weight excluding hydrogens is 275 g/mol. The average molecular weight is 292 g/mol. The SMILES string of the molecule is CC(C)C(NC(=O)c1cc(N)cc(F)c1)c1cccs1. The van der Waals surface area contributed by atoms with Gasteiger partial charge in [-0.15, -0.1) is 11.3 Å². The van der Waals surface area contributed by atoms with E-state index in [4.69, 9.17) is 5.73 Å². The van der Waals surface area contributed by atoms with Crippen LogP contribution in [0.4, 0.5) is 10.1 Å². The molecule has 1 unspecified atom stereocenters. The van der Waals surface area contributed by atoms with Crippen molar-refractivity contribution >= 4 is 22.9 Å². The van der Waals surface area contributed by atoms with Gasteiger partial charge in [0, 0.05) is 16.1 Å². The van der Waals surface area contributed by atoms with Crippen LogP contribution in [0.2, 0.25) is 0 Å². The summed E-state index contributed by atoms with van der Waals surface area (Å²) < 4.78 is 13.3. The second-order valence-corrected chi connectivity index (χ2v) is 5.96. The van der Waals surface area contributed by atoms with Gasteiger partial charge in [0.15, 0.2) is 0 Å². The predicted octanol–water partition coefficient (Wildman–Crippen LogP) is 3.60. The number of benzene rings is 1. The van der Waals surface area contributed by atoms with Crippen LogP contribution in [-0.2, 0) is 0 Å². The Hall–Kier alpha value is -1.88. The van der Waals surface area contributed by atoms with Crippen LogP contribution in [-0.4, -0.2) is 5.91 Å². The molecule has 0 aliphatic heterocycles. The number of hydrogen-bond donors (Lipinski definition) is 2. The molecule has 1 amide bonds. The summed E-state index contributed by atoms with van der Waals surface area (Å²) in [7, 11) is 0. The van der Waals surface area contributed by atoms with Crippen LogP contribution < -0.4 is 11.1 Å². The lowest BCUT2D eigenvalue weighted by molar-refractivity contribution is 0.0926. The number of hydrogen-bond acceptors (Lipinski definition) is 3. The number of nitrogens with two attached hydrogens (primary N) is 1. The third-order valence-corrected chi connectivity index (χ3v) is 3.94. The molecule has 0 radical (unpaired) electrons. The first kappa shape index (κ1) is 14.5. The Bertz CT molecular complexity index is 576. The first-order valence-electron chi connectivity index (χ1n) is 6.37. The largest absolute Gasteiger partial charge is 0.399 e. The van der Waals surface area contributed by atoms with Crippen molar-refractivity contribution in [1.29, 1.82) is 0 Å². The lowest BCUT2D eigenvalue weighted by Crippen LogP contribution is -2.31. The highest BCUT2D eigenvalue weighted by atomic mass is 32.1. The molecule has 0 saturated carbocycles. The fourth-order valence-corrected chi connectivity index (χ4v) is 2.95. The summed E-state index contributed by atoms with van der Waals surface area (Å²) in [4.78, 5) is 13.3. The van der Waals surface area contributed by atoms with E-state index in [-0.39, 0.29) is 29.1 Å². The molecule has 2 rings (SSSR count). The maximum Gasteiger partial charge on any atom is 0.251 e. The zero-order valence-electron chi connectivity index (χ0n) is 11.4. The van der Waals surface area contributed by atoms with E-state index in [1.807, 2.05) is 31.4 Å². The minimum atomic E-state index is -0.507. The molecule has 0 saturated heterocycles. The van der Waals surface area contributed by atoms with Gasteiger partial charge in [-0.05, 0) is 35.6 Å². The molecule has 0 fully saturated rings. The maximum atomic E-state index is 13.3. The minimum absolute atomic E-state index is 0.0907. The Morgan fingerprint density at radius 1 is 1.35 bits per heavy atom. The van der Waals surface area contributed by atoms with E-state index < -0.39 is 5.82 Å². The summed E-state index contributed by atoms with van der Waals surface area (Å²) in [5.74, 6) is -0.584. The van der Waals surface area contributed by atoms with Crippen LogP contribution >= 0.6 is 11.3 Å². The van der Waals surface area contributed by atoms with Crippen molar-refractivity contribution in [2.24, 2.45) is 5.92 Å². The lowest BCUT2D eigenvalue weighted by atomic mass is 10.0. The zero-order chi connectivity index (χ0) is 14.7. The standard InChI is InChI=1S/C15H17FN2OS/c1-9(2)14(13-4-3-5-20-13)18-15(19)10-6-11(16)8-12(17)7-10/h3-9,14H,17H2,1-2H3,(H,18,19). The molecule has 0 bridgehead atoms. The molecule has 0 aliphatic rings. The zero-order valence-corrected chi connectivity index (χ0v) is 12.2. The van der Waals surface area contributed by atoms with Gasteiger partial charge in [0.2, 0.25) is 0 Å². The number of carbonyl (C=O) groups is 1. The Morgan fingerprint density at radius 3 is 2.65 bits per heavy atom. The molecule has 1 aromatic carbocycles.